The summed E-state index contributed by atoms with van der Waals surface area (Å²) in [5.74, 6) is -0.558. The van der Waals surface area contributed by atoms with E-state index in [9.17, 15) is 14.4 Å². The number of amides is 1. The van der Waals surface area contributed by atoms with Gasteiger partial charge in [0.1, 0.15) is 6.10 Å². The number of esters is 2. The zero-order valence-corrected chi connectivity index (χ0v) is 22.6. The molecule has 3 atom stereocenters. The Bertz CT molecular complexity index is 1070. The number of carbonyl (C=O) groups excluding carboxylic acids is 3. The normalized spacial score (nSPS) is 19.8. The van der Waals surface area contributed by atoms with Crippen LogP contribution in [0.25, 0.3) is 0 Å². The van der Waals surface area contributed by atoms with Crippen LogP contribution in [-0.4, -0.2) is 30.6 Å². The van der Waals surface area contributed by atoms with Crippen molar-refractivity contribution in [2.75, 3.05) is 11.9 Å². The third-order valence-electron chi connectivity index (χ3n) is 6.64. The standard InChI is InChI=1S/C28H34BrNO5/c1-16(2)21-11-10-17(3)12-24(21)35-28(33)23-9-7-6-8-22(23)27(32)34-15-25(31)30-20-13-18(4)26(29)19(5)14-20/h6-9,13-14,16-17,21,24H,10-12,15H2,1-5H3,(H,30,31)/t17-,21+,24-/m1/s1. The molecule has 1 N–H and O–H groups in total. The number of benzene rings is 2. The molecule has 0 unspecified atom stereocenters. The van der Waals surface area contributed by atoms with Crippen LogP contribution in [0.15, 0.2) is 40.9 Å². The third-order valence-corrected chi connectivity index (χ3v) is 7.89. The minimum absolute atomic E-state index is 0.0885. The summed E-state index contributed by atoms with van der Waals surface area (Å²) in [6.07, 6.45) is 2.78. The number of anilines is 1. The quantitative estimate of drug-likeness (QED) is 0.404. The molecule has 0 bridgehead atoms. The Morgan fingerprint density at radius 1 is 1.03 bits per heavy atom. The minimum atomic E-state index is -0.742. The number of ether oxygens (including phenoxy) is 2. The second kappa shape index (κ2) is 11.8. The molecule has 1 amide bonds. The maximum absolute atomic E-state index is 13.1. The highest BCUT2D eigenvalue weighted by molar-refractivity contribution is 9.10. The average molecular weight is 544 g/mol. The Labute approximate surface area is 215 Å². The van der Waals surface area contributed by atoms with Gasteiger partial charge in [0.25, 0.3) is 5.91 Å². The van der Waals surface area contributed by atoms with Crippen molar-refractivity contribution in [2.45, 2.75) is 60.0 Å². The summed E-state index contributed by atoms with van der Waals surface area (Å²) in [5.41, 5.74) is 2.83. The lowest BCUT2D eigenvalue weighted by Gasteiger charge is -2.36. The van der Waals surface area contributed by atoms with Crippen molar-refractivity contribution in [3.8, 4) is 0 Å². The first-order valence-corrected chi connectivity index (χ1v) is 12.9. The number of nitrogens with one attached hydrogen (secondary N) is 1. The zero-order chi connectivity index (χ0) is 25.7. The molecule has 0 spiro atoms. The van der Waals surface area contributed by atoms with Crippen molar-refractivity contribution < 1.29 is 23.9 Å². The molecule has 0 heterocycles. The van der Waals surface area contributed by atoms with Gasteiger partial charge in [-0.3, -0.25) is 4.79 Å². The Kier molecular flexibility index (Phi) is 9.11. The maximum atomic E-state index is 13.1. The molecule has 0 aliphatic heterocycles. The Hall–Kier alpha value is -2.67. The summed E-state index contributed by atoms with van der Waals surface area (Å²) >= 11 is 3.50. The monoisotopic (exact) mass is 543 g/mol. The van der Waals surface area contributed by atoms with Crippen molar-refractivity contribution in [3.63, 3.8) is 0 Å². The van der Waals surface area contributed by atoms with Crippen LogP contribution >= 0.6 is 15.9 Å². The summed E-state index contributed by atoms with van der Waals surface area (Å²) in [6, 6.07) is 10.1. The predicted molar refractivity (Wildman–Crippen MR) is 140 cm³/mol. The van der Waals surface area contributed by atoms with Gasteiger partial charge in [-0.25, -0.2) is 9.59 Å². The fourth-order valence-electron chi connectivity index (χ4n) is 4.71. The fourth-order valence-corrected chi connectivity index (χ4v) is 4.94. The summed E-state index contributed by atoms with van der Waals surface area (Å²) in [6.45, 7) is 9.86. The minimum Gasteiger partial charge on any atom is -0.458 e. The van der Waals surface area contributed by atoms with Gasteiger partial charge in [0.2, 0.25) is 0 Å². The molecule has 188 valence electrons. The predicted octanol–water partition coefficient (Wildman–Crippen LogP) is 6.48. The Balaban J connectivity index is 1.65. The van der Waals surface area contributed by atoms with E-state index in [-0.39, 0.29) is 17.2 Å². The molecule has 0 radical (unpaired) electrons. The van der Waals surface area contributed by atoms with Crippen LogP contribution in [-0.2, 0) is 14.3 Å². The van der Waals surface area contributed by atoms with Gasteiger partial charge in [0.15, 0.2) is 6.61 Å². The number of halogens is 1. The molecule has 1 aliphatic carbocycles. The van der Waals surface area contributed by atoms with E-state index in [1.165, 1.54) is 6.07 Å². The van der Waals surface area contributed by atoms with Crippen LogP contribution in [0.3, 0.4) is 0 Å². The van der Waals surface area contributed by atoms with Gasteiger partial charge in [-0.05, 0) is 79.8 Å². The highest BCUT2D eigenvalue weighted by Gasteiger charge is 2.34. The first-order valence-electron chi connectivity index (χ1n) is 12.1. The molecule has 2 aromatic rings. The highest BCUT2D eigenvalue weighted by Crippen LogP contribution is 2.36. The fraction of sp³-hybridized carbons (Fsp3) is 0.464. The van der Waals surface area contributed by atoms with Crippen LogP contribution in [0.1, 0.15) is 71.9 Å². The van der Waals surface area contributed by atoms with E-state index in [0.717, 1.165) is 34.9 Å². The van der Waals surface area contributed by atoms with Crippen LogP contribution in [0.4, 0.5) is 5.69 Å². The second-order valence-electron chi connectivity index (χ2n) is 9.86. The van der Waals surface area contributed by atoms with Gasteiger partial charge in [0, 0.05) is 10.2 Å². The lowest BCUT2D eigenvalue weighted by atomic mass is 9.75. The number of aryl methyl sites for hydroxylation is 2. The number of carbonyl (C=O) groups is 3. The molecule has 0 aromatic heterocycles. The first kappa shape index (κ1) is 26.9. The van der Waals surface area contributed by atoms with Gasteiger partial charge < -0.3 is 14.8 Å². The molecule has 6 nitrogen and oxygen atoms in total. The third kappa shape index (κ3) is 6.94. The van der Waals surface area contributed by atoms with Crippen molar-refractivity contribution in [2.24, 2.45) is 17.8 Å². The van der Waals surface area contributed by atoms with E-state index in [1.807, 2.05) is 26.0 Å². The zero-order valence-electron chi connectivity index (χ0n) is 21.0. The Morgan fingerprint density at radius 2 is 1.63 bits per heavy atom. The van der Waals surface area contributed by atoms with Crippen LogP contribution in [0, 0.1) is 31.6 Å². The van der Waals surface area contributed by atoms with Gasteiger partial charge >= 0.3 is 11.9 Å². The molecule has 35 heavy (non-hydrogen) atoms. The number of hydrogen-bond donors (Lipinski definition) is 1. The van der Waals surface area contributed by atoms with E-state index in [2.05, 4.69) is 42.0 Å². The second-order valence-corrected chi connectivity index (χ2v) is 10.7. The topological polar surface area (TPSA) is 81.7 Å². The lowest BCUT2D eigenvalue weighted by molar-refractivity contribution is -0.119. The highest BCUT2D eigenvalue weighted by atomic mass is 79.9. The molecule has 1 saturated carbocycles. The average Bonchev–Trinajstić information content (AvgIpc) is 2.80. The van der Waals surface area contributed by atoms with Gasteiger partial charge in [0.05, 0.1) is 11.1 Å². The largest absolute Gasteiger partial charge is 0.458 e. The summed E-state index contributed by atoms with van der Waals surface area (Å²) < 4.78 is 12.1. The van der Waals surface area contributed by atoms with Crippen molar-refractivity contribution in [1.82, 2.24) is 0 Å². The maximum Gasteiger partial charge on any atom is 0.339 e. The smallest absolute Gasteiger partial charge is 0.339 e. The van der Waals surface area contributed by atoms with Crippen molar-refractivity contribution in [1.29, 1.82) is 0 Å². The van der Waals surface area contributed by atoms with Crippen LogP contribution in [0.5, 0.6) is 0 Å². The summed E-state index contributed by atoms with van der Waals surface area (Å²) in [7, 11) is 0. The number of hydrogen-bond acceptors (Lipinski definition) is 5. The van der Waals surface area contributed by atoms with E-state index in [0.29, 0.717) is 23.4 Å². The van der Waals surface area contributed by atoms with Gasteiger partial charge in [-0.2, -0.15) is 0 Å². The molecule has 3 rings (SSSR count). The SMILES string of the molecule is Cc1cc(NC(=O)COC(=O)c2ccccc2C(=O)O[C@@H]2C[C@H](C)CC[C@H]2C(C)C)cc(C)c1Br. The van der Waals surface area contributed by atoms with Crippen molar-refractivity contribution in [3.05, 3.63) is 63.1 Å². The summed E-state index contributed by atoms with van der Waals surface area (Å²) in [4.78, 5) is 38.2. The molecular formula is C28H34BrNO5. The molecule has 1 fully saturated rings. The van der Waals surface area contributed by atoms with E-state index in [4.69, 9.17) is 9.47 Å². The summed E-state index contributed by atoms with van der Waals surface area (Å²) in [5, 5.41) is 2.74. The van der Waals surface area contributed by atoms with Crippen LogP contribution in [0.2, 0.25) is 0 Å². The van der Waals surface area contributed by atoms with E-state index < -0.39 is 24.5 Å². The van der Waals surface area contributed by atoms with Gasteiger partial charge in [-0.1, -0.05) is 55.3 Å². The van der Waals surface area contributed by atoms with Crippen molar-refractivity contribution >= 4 is 39.5 Å². The molecule has 0 saturated heterocycles. The van der Waals surface area contributed by atoms with E-state index in [1.54, 1.807) is 18.2 Å². The molecule has 7 heteroatoms. The van der Waals surface area contributed by atoms with Gasteiger partial charge in [-0.15, -0.1) is 0 Å². The number of rotatable bonds is 7. The lowest BCUT2D eigenvalue weighted by Crippen LogP contribution is -2.36. The first-order chi connectivity index (χ1) is 16.6. The molecule has 2 aromatic carbocycles. The van der Waals surface area contributed by atoms with Crippen LogP contribution < -0.4 is 5.32 Å². The van der Waals surface area contributed by atoms with E-state index >= 15 is 0 Å². The Morgan fingerprint density at radius 3 is 2.23 bits per heavy atom. The molecule has 1 aliphatic rings. The molecular weight excluding hydrogens is 510 g/mol.